The highest BCUT2D eigenvalue weighted by molar-refractivity contribution is 6.20. The molecule has 0 radical (unpaired) electrons. The quantitative estimate of drug-likeness (QED) is 0.356. The average molecular weight is 492 g/mol. The molecule has 1 aromatic heterocycles. The van der Waals surface area contributed by atoms with Crippen LogP contribution in [-0.4, -0.2) is 40.3 Å². The van der Waals surface area contributed by atoms with Crippen LogP contribution in [0.2, 0.25) is 0 Å². The number of alkyl halides is 1. The van der Waals surface area contributed by atoms with Crippen molar-refractivity contribution < 1.29 is 9.59 Å². The minimum Gasteiger partial charge on any atom is -0.333 e. The Morgan fingerprint density at radius 1 is 1.03 bits per heavy atom. The lowest BCUT2D eigenvalue weighted by atomic mass is 9.93. The molecule has 0 saturated heterocycles. The Balaban J connectivity index is 1.79. The van der Waals surface area contributed by atoms with Gasteiger partial charge in [-0.05, 0) is 57.0 Å². The molecule has 1 unspecified atom stereocenters. The summed E-state index contributed by atoms with van der Waals surface area (Å²) in [5, 5.41) is 0. The third-order valence-electron chi connectivity index (χ3n) is 6.65. The van der Waals surface area contributed by atoms with Gasteiger partial charge in [0.1, 0.15) is 12.6 Å². The summed E-state index contributed by atoms with van der Waals surface area (Å²) in [5.74, 6) is 0.00977. The second-order valence-corrected chi connectivity index (χ2v) is 10.2. The monoisotopic (exact) mass is 491 g/mol. The van der Waals surface area contributed by atoms with E-state index in [4.69, 9.17) is 11.6 Å². The van der Waals surface area contributed by atoms with E-state index in [1.165, 1.54) is 0 Å². The van der Waals surface area contributed by atoms with Crippen molar-refractivity contribution in [1.29, 1.82) is 0 Å². The number of amides is 2. The molecule has 0 aliphatic carbocycles. The summed E-state index contributed by atoms with van der Waals surface area (Å²) in [4.78, 5) is 31.1. The first-order valence-corrected chi connectivity index (χ1v) is 12.8. The summed E-state index contributed by atoms with van der Waals surface area (Å²) in [6, 6.07) is 20.0. The van der Waals surface area contributed by atoms with Gasteiger partial charge in [0, 0.05) is 18.6 Å². The lowest BCUT2D eigenvalue weighted by molar-refractivity contribution is -0.142. The molecule has 0 N–H and O–H groups in total. The van der Waals surface area contributed by atoms with Crippen molar-refractivity contribution in [3.8, 4) is 5.69 Å². The van der Waals surface area contributed by atoms with Crippen LogP contribution in [0.3, 0.4) is 0 Å². The highest BCUT2D eigenvalue weighted by Crippen LogP contribution is 2.42. The zero-order chi connectivity index (χ0) is 25.2. The molecule has 0 fully saturated rings. The second-order valence-electron chi connectivity index (χ2n) is 9.97. The number of carbonyl (C=O) groups excluding carboxylic acids is 2. The molecule has 0 saturated carbocycles. The number of para-hydroxylation sites is 2. The van der Waals surface area contributed by atoms with E-state index in [0.29, 0.717) is 6.54 Å². The predicted octanol–water partition coefficient (Wildman–Crippen LogP) is 6.12. The van der Waals surface area contributed by atoms with Crippen molar-refractivity contribution in [2.75, 3.05) is 23.9 Å². The van der Waals surface area contributed by atoms with Crippen LogP contribution in [0.15, 0.2) is 66.9 Å². The van der Waals surface area contributed by atoms with Crippen LogP contribution < -0.4 is 4.90 Å². The number of nitrogens with zero attached hydrogens (tertiary/aromatic N) is 3. The summed E-state index contributed by atoms with van der Waals surface area (Å²) >= 11 is 6.13. The Hall–Kier alpha value is -3.05. The summed E-state index contributed by atoms with van der Waals surface area (Å²) < 4.78 is 2.16. The molecule has 2 aromatic carbocycles. The molecule has 5 nitrogen and oxygen atoms in total. The zero-order valence-electron chi connectivity index (χ0n) is 21.0. The standard InChI is InChI=1S/C29H34ClN3O2/c1-5-6-16-31(28(35)29(3,4)20-30)19-26(34)33-24-14-8-7-13-23(24)32-17-10-15-25(32)27(33)22-12-9-11-21(2)18-22/h7-15,17-18,27H,5-6,16,19-20H2,1-4H3. The van der Waals surface area contributed by atoms with Crippen molar-refractivity contribution in [2.24, 2.45) is 5.41 Å². The molecule has 4 rings (SSSR count). The van der Waals surface area contributed by atoms with Gasteiger partial charge in [0.25, 0.3) is 0 Å². The number of aromatic nitrogens is 1. The van der Waals surface area contributed by atoms with Gasteiger partial charge >= 0.3 is 0 Å². The minimum atomic E-state index is -0.736. The zero-order valence-corrected chi connectivity index (χ0v) is 21.8. The molecule has 2 heterocycles. The summed E-state index contributed by atoms with van der Waals surface area (Å²) in [5.41, 5.74) is 4.26. The smallest absolute Gasteiger partial charge is 0.247 e. The van der Waals surface area contributed by atoms with Crippen LogP contribution in [0.4, 0.5) is 5.69 Å². The number of rotatable bonds is 8. The molecule has 3 aromatic rings. The topological polar surface area (TPSA) is 45.6 Å². The highest BCUT2D eigenvalue weighted by Gasteiger charge is 2.38. The van der Waals surface area contributed by atoms with Crippen LogP contribution in [0.1, 0.15) is 56.5 Å². The number of benzene rings is 2. The van der Waals surface area contributed by atoms with Gasteiger partial charge in [-0.15, -0.1) is 11.6 Å². The van der Waals surface area contributed by atoms with Gasteiger partial charge in [-0.3, -0.25) is 14.5 Å². The van der Waals surface area contributed by atoms with Gasteiger partial charge in [-0.1, -0.05) is 55.3 Å². The van der Waals surface area contributed by atoms with Crippen molar-refractivity contribution in [1.82, 2.24) is 9.47 Å². The number of hydrogen-bond donors (Lipinski definition) is 0. The molecule has 0 spiro atoms. The Labute approximate surface area is 213 Å². The highest BCUT2D eigenvalue weighted by atomic mass is 35.5. The maximum absolute atomic E-state index is 14.1. The SMILES string of the molecule is CCCCN(CC(=O)N1c2ccccc2-n2cccc2C1c1cccc(C)c1)C(=O)C(C)(C)CCl. The van der Waals surface area contributed by atoms with E-state index in [1.54, 1.807) is 4.90 Å². The van der Waals surface area contributed by atoms with Crippen LogP contribution in [-0.2, 0) is 9.59 Å². The fraction of sp³-hybridized carbons (Fsp3) is 0.379. The molecule has 1 atom stereocenters. The normalized spacial score (nSPS) is 14.9. The Bertz CT molecular complexity index is 1220. The first kappa shape index (κ1) is 25.1. The largest absolute Gasteiger partial charge is 0.333 e. The van der Waals surface area contributed by atoms with Gasteiger partial charge in [0.15, 0.2) is 0 Å². The van der Waals surface area contributed by atoms with E-state index >= 15 is 0 Å². The lowest BCUT2D eigenvalue weighted by Crippen LogP contribution is -2.50. The Morgan fingerprint density at radius 3 is 2.46 bits per heavy atom. The fourth-order valence-electron chi connectivity index (χ4n) is 4.74. The second kappa shape index (κ2) is 10.3. The summed E-state index contributed by atoms with van der Waals surface area (Å²) in [6.45, 7) is 8.36. The lowest BCUT2D eigenvalue weighted by Gasteiger charge is -2.40. The van der Waals surface area contributed by atoms with Crippen LogP contribution in [0.5, 0.6) is 0 Å². The molecule has 2 amide bonds. The summed E-state index contributed by atoms with van der Waals surface area (Å²) in [6.07, 6.45) is 3.81. The third-order valence-corrected chi connectivity index (χ3v) is 7.32. The van der Waals surface area contributed by atoms with Gasteiger partial charge in [0.2, 0.25) is 11.8 Å². The van der Waals surface area contributed by atoms with Crippen LogP contribution >= 0.6 is 11.6 Å². The number of unbranched alkanes of at least 4 members (excludes halogenated alkanes) is 1. The average Bonchev–Trinajstić information content (AvgIpc) is 3.35. The minimum absolute atomic E-state index is 0.0104. The number of carbonyl (C=O) groups is 2. The summed E-state index contributed by atoms with van der Waals surface area (Å²) in [7, 11) is 0. The fourth-order valence-corrected chi connectivity index (χ4v) is 4.86. The van der Waals surface area contributed by atoms with Gasteiger partial charge < -0.3 is 9.47 Å². The van der Waals surface area contributed by atoms with Crippen molar-refractivity contribution in [3.05, 3.63) is 83.7 Å². The number of hydrogen-bond acceptors (Lipinski definition) is 2. The molecule has 1 aliphatic rings. The van der Waals surface area contributed by atoms with E-state index in [9.17, 15) is 9.59 Å². The molecular formula is C29H34ClN3O2. The molecule has 1 aliphatic heterocycles. The van der Waals surface area contributed by atoms with E-state index in [2.05, 4.69) is 42.7 Å². The van der Waals surface area contributed by atoms with Gasteiger partial charge in [-0.2, -0.15) is 0 Å². The molecule has 6 heteroatoms. The number of fused-ring (bicyclic) bond motifs is 3. The van der Waals surface area contributed by atoms with Crippen molar-refractivity contribution >= 4 is 29.1 Å². The Kier molecular flexibility index (Phi) is 7.36. The maximum Gasteiger partial charge on any atom is 0.247 e. The van der Waals surface area contributed by atoms with Crippen molar-refractivity contribution in [3.63, 3.8) is 0 Å². The number of anilines is 1. The van der Waals surface area contributed by atoms with Gasteiger partial charge in [-0.25, -0.2) is 0 Å². The predicted molar refractivity (Wildman–Crippen MR) is 142 cm³/mol. The molecule has 35 heavy (non-hydrogen) atoms. The van der Waals surface area contributed by atoms with E-state index in [-0.39, 0.29) is 30.3 Å². The maximum atomic E-state index is 14.1. The molecular weight excluding hydrogens is 458 g/mol. The molecule has 184 valence electrons. The number of halogens is 1. The first-order valence-electron chi connectivity index (χ1n) is 12.3. The van der Waals surface area contributed by atoms with E-state index in [0.717, 1.165) is 41.0 Å². The first-order chi connectivity index (χ1) is 16.8. The van der Waals surface area contributed by atoms with Crippen LogP contribution in [0.25, 0.3) is 5.69 Å². The molecule has 0 bridgehead atoms. The van der Waals surface area contributed by atoms with E-state index < -0.39 is 5.41 Å². The Morgan fingerprint density at radius 2 is 1.77 bits per heavy atom. The third kappa shape index (κ3) is 4.87. The van der Waals surface area contributed by atoms with Crippen LogP contribution in [0, 0.1) is 12.3 Å². The number of aryl methyl sites for hydroxylation is 1. The van der Waals surface area contributed by atoms with Crippen molar-refractivity contribution in [2.45, 2.75) is 46.6 Å². The van der Waals surface area contributed by atoms with E-state index in [1.807, 2.05) is 61.3 Å². The van der Waals surface area contributed by atoms with Gasteiger partial charge in [0.05, 0.1) is 22.5 Å².